The van der Waals surface area contributed by atoms with Crippen molar-refractivity contribution in [1.82, 2.24) is 19.9 Å². The van der Waals surface area contributed by atoms with Gasteiger partial charge < -0.3 is 24.8 Å². The number of aromatic amines is 1. The van der Waals surface area contributed by atoms with E-state index >= 15 is 4.39 Å². The monoisotopic (exact) mass is 717 g/mol. The van der Waals surface area contributed by atoms with Crippen LogP contribution in [0, 0.1) is 24.0 Å². The van der Waals surface area contributed by atoms with Crippen LogP contribution in [0.25, 0.3) is 32.3 Å². The lowest BCUT2D eigenvalue weighted by Crippen LogP contribution is -2.59. The number of carbonyl (C=O) groups is 2. The first-order valence-corrected chi connectivity index (χ1v) is 18.0. The maximum atomic E-state index is 16.1. The number of H-pyrrole nitrogens is 1. The van der Waals surface area contributed by atoms with Crippen molar-refractivity contribution in [1.29, 1.82) is 0 Å². The first-order chi connectivity index (χ1) is 25.3. The molecule has 9 rings (SSSR count). The molecule has 0 unspecified atom stereocenters. The van der Waals surface area contributed by atoms with E-state index in [4.69, 9.17) is 4.74 Å². The molecule has 10 nitrogen and oxygen atoms in total. The average molecular weight is 718 g/mol. The van der Waals surface area contributed by atoms with Gasteiger partial charge in [-0.15, -0.1) is 11.3 Å². The summed E-state index contributed by atoms with van der Waals surface area (Å²) in [7, 11) is 0. The van der Waals surface area contributed by atoms with Gasteiger partial charge >= 0.3 is 0 Å². The zero-order chi connectivity index (χ0) is 35.6. The lowest BCUT2D eigenvalue weighted by molar-refractivity contribution is -0.000510. The number of ether oxygens (including phenoxy) is 1. The van der Waals surface area contributed by atoms with E-state index in [9.17, 15) is 14.0 Å². The number of amides is 2. The van der Waals surface area contributed by atoms with E-state index in [2.05, 4.69) is 30.2 Å². The largest absolute Gasteiger partial charge is 0.381 e. The second-order valence-corrected chi connectivity index (χ2v) is 14.8. The molecule has 0 bridgehead atoms. The second kappa shape index (κ2) is 12.6. The summed E-state index contributed by atoms with van der Waals surface area (Å²) in [5.74, 6) is -0.563. The van der Waals surface area contributed by atoms with Gasteiger partial charge in [0.1, 0.15) is 33.5 Å². The third-order valence-corrected chi connectivity index (χ3v) is 11.5. The number of carbonyl (C=O) groups excluding carboxylic acids is 2. The molecule has 2 aromatic carbocycles. The van der Waals surface area contributed by atoms with Crippen LogP contribution in [0.1, 0.15) is 44.7 Å². The Morgan fingerprint density at radius 3 is 2.60 bits per heavy atom. The summed E-state index contributed by atoms with van der Waals surface area (Å²) in [5, 5.41) is 2.99. The third kappa shape index (κ3) is 5.51. The number of para-hydroxylation sites is 1. The molecule has 2 N–H and O–H groups in total. The first kappa shape index (κ1) is 32.4. The van der Waals surface area contributed by atoms with Crippen molar-refractivity contribution >= 4 is 51.4 Å². The SMILES string of the molecule is Cc1cnc(N2CC3(CCOCC3)C2)c(C(=O)Nc2ccc(C(=O)N3CCc4c(sc(-c5nc6cccc(F)c6[nH]5)c4F)-c4ncccc43)cc2)c1. The van der Waals surface area contributed by atoms with Crippen molar-refractivity contribution in [2.24, 2.45) is 5.41 Å². The van der Waals surface area contributed by atoms with Crippen LogP contribution < -0.4 is 15.1 Å². The standard InChI is InChI=1S/C39H33F2N7O3S/c1-22-18-26(36(43-19-22)47-20-39(21-47)12-16-51-17-13-39)37(49)44-24-9-7-23(8-10-24)38(50)48-15-11-25-30(41)34(52-33(25)32-29(48)6-3-14-42-32)35-45-28-5-2-4-27(40)31(28)46-35/h2-10,14,18-19H,11-13,15-17,20-21H2,1H3,(H,44,49)(H,45,46). The first-order valence-electron chi connectivity index (χ1n) is 17.2. The molecule has 1 spiro atoms. The van der Waals surface area contributed by atoms with Crippen LogP contribution in [-0.2, 0) is 11.2 Å². The molecule has 2 fully saturated rings. The maximum absolute atomic E-state index is 16.1. The molecule has 7 heterocycles. The summed E-state index contributed by atoms with van der Waals surface area (Å²) in [6.45, 7) is 5.36. The number of nitrogens with one attached hydrogen (secondary N) is 2. The lowest BCUT2D eigenvalue weighted by Gasteiger charge is -2.53. The Morgan fingerprint density at radius 1 is 1.00 bits per heavy atom. The summed E-state index contributed by atoms with van der Waals surface area (Å²) in [6.07, 6.45) is 5.67. The Bertz CT molecular complexity index is 2380. The number of halogens is 2. The molecule has 262 valence electrons. The number of fused-ring (bicyclic) bond motifs is 4. The highest BCUT2D eigenvalue weighted by molar-refractivity contribution is 7.19. The molecule has 6 aromatic rings. The predicted octanol–water partition coefficient (Wildman–Crippen LogP) is 7.41. The van der Waals surface area contributed by atoms with Crippen LogP contribution in [0.4, 0.5) is 26.0 Å². The zero-order valence-corrected chi connectivity index (χ0v) is 29.0. The Labute approximate surface area is 301 Å². The van der Waals surface area contributed by atoms with Gasteiger partial charge in [0.25, 0.3) is 11.8 Å². The number of imidazole rings is 1. The van der Waals surface area contributed by atoms with Gasteiger partial charge in [-0.25, -0.2) is 18.7 Å². The number of anilines is 3. The zero-order valence-electron chi connectivity index (χ0n) is 28.2. The highest BCUT2D eigenvalue weighted by atomic mass is 32.1. The van der Waals surface area contributed by atoms with Crippen LogP contribution in [0.15, 0.2) is 73.1 Å². The quantitative estimate of drug-likeness (QED) is 0.191. The van der Waals surface area contributed by atoms with Crippen LogP contribution in [0.5, 0.6) is 0 Å². The van der Waals surface area contributed by atoms with Gasteiger partial charge in [-0.2, -0.15) is 0 Å². The van der Waals surface area contributed by atoms with Crippen molar-refractivity contribution in [3.63, 3.8) is 0 Å². The van der Waals surface area contributed by atoms with Gasteiger partial charge in [-0.05, 0) is 86.3 Å². The van der Waals surface area contributed by atoms with Gasteiger partial charge in [-0.1, -0.05) is 6.07 Å². The number of aromatic nitrogens is 4. The molecule has 0 saturated carbocycles. The van der Waals surface area contributed by atoms with Crippen LogP contribution >= 0.6 is 11.3 Å². The van der Waals surface area contributed by atoms with E-state index in [1.165, 1.54) is 17.4 Å². The molecule has 0 radical (unpaired) electrons. The number of hydrogen-bond donors (Lipinski definition) is 2. The van der Waals surface area contributed by atoms with Crippen molar-refractivity contribution in [2.75, 3.05) is 48.0 Å². The summed E-state index contributed by atoms with van der Waals surface area (Å²) < 4.78 is 36.0. The normalized spacial score (nSPS) is 16.3. The number of hydrogen-bond acceptors (Lipinski definition) is 8. The smallest absolute Gasteiger partial charge is 0.259 e. The van der Waals surface area contributed by atoms with E-state index in [0.717, 1.165) is 44.7 Å². The van der Waals surface area contributed by atoms with E-state index in [0.29, 0.717) is 50.0 Å². The number of pyridine rings is 2. The number of aryl methyl sites for hydroxylation is 1. The Hall–Kier alpha value is -5.53. The van der Waals surface area contributed by atoms with Gasteiger partial charge in [0.2, 0.25) is 0 Å². The summed E-state index contributed by atoms with van der Waals surface area (Å²) in [4.78, 5) is 48.9. The molecule has 3 aliphatic heterocycles. The fourth-order valence-electron chi connectivity index (χ4n) is 7.53. The number of rotatable bonds is 5. The number of nitrogens with zero attached hydrogens (tertiary/aromatic N) is 5. The maximum Gasteiger partial charge on any atom is 0.259 e. The molecule has 13 heteroatoms. The molecule has 52 heavy (non-hydrogen) atoms. The molecule has 0 aliphatic carbocycles. The van der Waals surface area contributed by atoms with Crippen LogP contribution in [-0.4, -0.2) is 64.6 Å². The number of benzene rings is 2. The summed E-state index contributed by atoms with van der Waals surface area (Å²) in [5.41, 5.74) is 4.66. The second-order valence-electron chi connectivity index (χ2n) is 13.7. The third-order valence-electron chi connectivity index (χ3n) is 10.3. The molecular formula is C39H33F2N7O3S. The Morgan fingerprint density at radius 2 is 1.81 bits per heavy atom. The summed E-state index contributed by atoms with van der Waals surface area (Å²) in [6, 6.07) is 16.7. The fraction of sp³-hybridized carbons (Fsp3) is 0.256. The minimum Gasteiger partial charge on any atom is -0.381 e. The highest BCUT2D eigenvalue weighted by Crippen LogP contribution is 2.46. The van der Waals surface area contributed by atoms with E-state index in [1.54, 1.807) is 65.8 Å². The number of thiophene rings is 1. The Balaban J connectivity index is 0.942. The highest BCUT2D eigenvalue weighted by Gasteiger charge is 2.45. The van der Waals surface area contributed by atoms with Gasteiger partial charge in [-0.3, -0.25) is 14.6 Å². The molecule has 3 aliphatic rings. The minimum atomic E-state index is -0.463. The van der Waals surface area contributed by atoms with Crippen molar-refractivity contribution < 1.29 is 23.1 Å². The predicted molar refractivity (Wildman–Crippen MR) is 196 cm³/mol. The molecule has 2 saturated heterocycles. The van der Waals surface area contributed by atoms with Gasteiger partial charge in [0, 0.05) is 67.5 Å². The van der Waals surface area contributed by atoms with E-state index in [-0.39, 0.29) is 46.4 Å². The van der Waals surface area contributed by atoms with Crippen molar-refractivity contribution in [3.05, 3.63) is 107 Å². The van der Waals surface area contributed by atoms with Crippen LogP contribution in [0.2, 0.25) is 0 Å². The van der Waals surface area contributed by atoms with E-state index < -0.39 is 11.6 Å². The van der Waals surface area contributed by atoms with Gasteiger partial charge in [0.15, 0.2) is 5.82 Å². The fourth-order valence-corrected chi connectivity index (χ4v) is 8.71. The molecule has 0 atom stereocenters. The molecular weight excluding hydrogens is 685 g/mol. The van der Waals surface area contributed by atoms with Gasteiger partial charge in [0.05, 0.1) is 21.6 Å². The van der Waals surface area contributed by atoms with E-state index in [1.807, 2.05) is 13.0 Å². The minimum absolute atomic E-state index is 0.207. The Kier molecular flexibility index (Phi) is 7.85. The summed E-state index contributed by atoms with van der Waals surface area (Å²) >= 11 is 1.18. The molecule has 4 aromatic heterocycles. The topological polar surface area (TPSA) is 116 Å². The molecule has 2 amide bonds. The van der Waals surface area contributed by atoms with Crippen molar-refractivity contribution in [3.8, 4) is 21.3 Å². The van der Waals surface area contributed by atoms with Crippen molar-refractivity contribution in [2.45, 2.75) is 26.2 Å². The lowest BCUT2D eigenvalue weighted by atomic mass is 9.73. The average Bonchev–Trinajstić information content (AvgIpc) is 3.68. The van der Waals surface area contributed by atoms with Crippen LogP contribution in [0.3, 0.4) is 0 Å².